The Balaban J connectivity index is 1.33. The van der Waals surface area contributed by atoms with E-state index in [-0.39, 0.29) is 17.6 Å². The summed E-state index contributed by atoms with van der Waals surface area (Å²) in [6.45, 7) is 2.63. The number of nitrogens with zero attached hydrogens (tertiary/aromatic N) is 5. The molecule has 0 N–H and O–H groups in total. The molecular formula is C19H22FN5O2. The molecule has 2 amide bonds. The number of halogens is 1. The van der Waals surface area contributed by atoms with Gasteiger partial charge in [0.15, 0.2) is 0 Å². The average Bonchev–Trinajstić information content (AvgIpc) is 3.32. The lowest BCUT2D eigenvalue weighted by atomic mass is 9.95. The molecule has 7 nitrogen and oxygen atoms in total. The van der Waals surface area contributed by atoms with Crippen molar-refractivity contribution >= 4 is 17.5 Å². The highest BCUT2D eigenvalue weighted by Gasteiger charge is 2.40. The lowest BCUT2D eigenvalue weighted by Gasteiger charge is -2.33. The van der Waals surface area contributed by atoms with Crippen LogP contribution in [-0.2, 0) is 16.1 Å². The van der Waals surface area contributed by atoms with Crippen LogP contribution in [0.1, 0.15) is 19.3 Å². The molecule has 0 bridgehead atoms. The van der Waals surface area contributed by atoms with E-state index in [1.165, 1.54) is 12.1 Å². The van der Waals surface area contributed by atoms with Gasteiger partial charge in [0, 0.05) is 38.1 Å². The molecule has 0 saturated carbocycles. The van der Waals surface area contributed by atoms with Gasteiger partial charge in [0.1, 0.15) is 11.7 Å². The Morgan fingerprint density at radius 2 is 1.85 bits per heavy atom. The fourth-order valence-corrected chi connectivity index (χ4v) is 3.94. The molecule has 1 aromatic carbocycles. The summed E-state index contributed by atoms with van der Waals surface area (Å²) in [7, 11) is 0. The standard InChI is InChI=1S/C19H22FN5O2/c20-15-1-3-16(4-2-15)25-11-7-17(19(25)27)18(26)23-9-5-14(6-10-23)13-24-12-8-21-22-24/h1-4,8,12,14,17H,5-7,9-11,13H2. The molecule has 1 atom stereocenters. The first-order valence-corrected chi connectivity index (χ1v) is 9.31. The van der Waals surface area contributed by atoms with Crippen LogP contribution in [0.25, 0.3) is 0 Å². The van der Waals surface area contributed by atoms with Gasteiger partial charge in [-0.3, -0.25) is 14.3 Å². The van der Waals surface area contributed by atoms with Crippen molar-refractivity contribution in [2.45, 2.75) is 25.8 Å². The molecule has 4 rings (SSSR count). The summed E-state index contributed by atoms with van der Waals surface area (Å²) >= 11 is 0. The second-order valence-corrected chi connectivity index (χ2v) is 7.20. The maximum absolute atomic E-state index is 13.1. The van der Waals surface area contributed by atoms with Gasteiger partial charge in [0.2, 0.25) is 11.8 Å². The molecule has 0 radical (unpaired) electrons. The number of carbonyl (C=O) groups excluding carboxylic acids is 2. The molecule has 142 valence electrons. The molecule has 2 aliphatic rings. The normalized spacial score (nSPS) is 21.1. The monoisotopic (exact) mass is 371 g/mol. The third kappa shape index (κ3) is 3.70. The van der Waals surface area contributed by atoms with Gasteiger partial charge in [-0.1, -0.05) is 5.21 Å². The summed E-state index contributed by atoms with van der Waals surface area (Å²) in [5, 5.41) is 7.81. The van der Waals surface area contributed by atoms with Gasteiger partial charge >= 0.3 is 0 Å². The number of carbonyl (C=O) groups is 2. The van der Waals surface area contributed by atoms with Crippen molar-refractivity contribution in [1.29, 1.82) is 0 Å². The highest BCUT2D eigenvalue weighted by Crippen LogP contribution is 2.28. The largest absolute Gasteiger partial charge is 0.342 e. The molecular weight excluding hydrogens is 349 g/mol. The lowest BCUT2D eigenvalue weighted by molar-refractivity contribution is -0.141. The number of hydrogen-bond acceptors (Lipinski definition) is 4. The van der Waals surface area contributed by atoms with Crippen LogP contribution in [-0.4, -0.2) is 51.3 Å². The topological polar surface area (TPSA) is 71.3 Å². The van der Waals surface area contributed by atoms with Gasteiger partial charge in [-0.25, -0.2) is 4.39 Å². The molecule has 3 heterocycles. The number of likely N-dealkylation sites (tertiary alicyclic amines) is 1. The fraction of sp³-hybridized carbons (Fsp3) is 0.474. The quantitative estimate of drug-likeness (QED) is 0.767. The van der Waals surface area contributed by atoms with Gasteiger partial charge in [-0.2, -0.15) is 0 Å². The number of anilines is 1. The van der Waals surface area contributed by atoms with Crippen LogP contribution in [0, 0.1) is 17.7 Å². The molecule has 2 fully saturated rings. The maximum atomic E-state index is 13.1. The zero-order valence-electron chi connectivity index (χ0n) is 15.0. The number of rotatable bonds is 4. The first kappa shape index (κ1) is 17.6. The Morgan fingerprint density at radius 1 is 1.11 bits per heavy atom. The minimum absolute atomic E-state index is 0.0798. The second-order valence-electron chi connectivity index (χ2n) is 7.20. The number of amides is 2. The van der Waals surface area contributed by atoms with Gasteiger partial charge < -0.3 is 9.80 Å². The minimum Gasteiger partial charge on any atom is -0.342 e. The zero-order valence-corrected chi connectivity index (χ0v) is 15.0. The van der Waals surface area contributed by atoms with E-state index in [4.69, 9.17) is 0 Å². The van der Waals surface area contributed by atoms with Crippen molar-refractivity contribution in [2.75, 3.05) is 24.5 Å². The van der Waals surface area contributed by atoms with Crippen LogP contribution < -0.4 is 4.90 Å². The predicted molar refractivity (Wildman–Crippen MR) is 96.2 cm³/mol. The Kier molecular flexibility index (Phi) is 4.87. The SMILES string of the molecule is O=C(C1CCN(c2ccc(F)cc2)C1=O)N1CCC(Cn2ccnn2)CC1. The number of aromatic nitrogens is 3. The summed E-state index contributed by atoms with van der Waals surface area (Å²) in [6.07, 6.45) is 5.81. The summed E-state index contributed by atoms with van der Waals surface area (Å²) in [6, 6.07) is 5.82. The first-order chi connectivity index (χ1) is 13.1. The fourth-order valence-electron chi connectivity index (χ4n) is 3.94. The zero-order chi connectivity index (χ0) is 18.8. The van der Waals surface area contributed by atoms with E-state index < -0.39 is 5.92 Å². The molecule has 1 unspecified atom stereocenters. The maximum Gasteiger partial charge on any atom is 0.239 e. The van der Waals surface area contributed by atoms with Crippen molar-refractivity contribution in [3.05, 3.63) is 42.5 Å². The second kappa shape index (κ2) is 7.46. The van der Waals surface area contributed by atoms with E-state index >= 15 is 0 Å². The third-order valence-corrected chi connectivity index (χ3v) is 5.49. The number of piperidine rings is 1. The van der Waals surface area contributed by atoms with Crippen LogP contribution in [0.4, 0.5) is 10.1 Å². The highest BCUT2D eigenvalue weighted by molar-refractivity contribution is 6.09. The van der Waals surface area contributed by atoms with Gasteiger partial charge in [0.05, 0.1) is 6.20 Å². The molecule has 8 heteroatoms. The van der Waals surface area contributed by atoms with Crippen LogP contribution >= 0.6 is 0 Å². The van der Waals surface area contributed by atoms with Crippen LogP contribution in [0.15, 0.2) is 36.7 Å². The Labute approximate surface area is 156 Å². The minimum atomic E-state index is -0.623. The molecule has 2 aromatic rings. The Bertz CT molecular complexity index is 800. The van der Waals surface area contributed by atoms with Gasteiger partial charge in [-0.05, 0) is 49.4 Å². The number of benzene rings is 1. The van der Waals surface area contributed by atoms with Crippen LogP contribution in [0.5, 0.6) is 0 Å². The van der Waals surface area contributed by atoms with Crippen molar-refractivity contribution in [3.8, 4) is 0 Å². The highest BCUT2D eigenvalue weighted by atomic mass is 19.1. The third-order valence-electron chi connectivity index (χ3n) is 5.49. The number of hydrogen-bond donors (Lipinski definition) is 0. The van der Waals surface area contributed by atoms with Gasteiger partial charge in [-0.15, -0.1) is 5.10 Å². The van der Waals surface area contributed by atoms with Crippen LogP contribution in [0.2, 0.25) is 0 Å². The van der Waals surface area contributed by atoms with Crippen molar-refractivity contribution < 1.29 is 14.0 Å². The van der Waals surface area contributed by atoms with Crippen LogP contribution in [0.3, 0.4) is 0 Å². The molecule has 2 saturated heterocycles. The van der Waals surface area contributed by atoms with E-state index in [1.807, 2.05) is 15.8 Å². The Morgan fingerprint density at radius 3 is 2.52 bits per heavy atom. The Hall–Kier alpha value is -2.77. The van der Waals surface area contributed by atoms with Crippen molar-refractivity contribution in [1.82, 2.24) is 19.9 Å². The first-order valence-electron chi connectivity index (χ1n) is 9.31. The summed E-state index contributed by atoms with van der Waals surface area (Å²) < 4.78 is 14.9. The van der Waals surface area contributed by atoms with E-state index in [9.17, 15) is 14.0 Å². The van der Waals surface area contributed by atoms with E-state index in [1.54, 1.807) is 23.2 Å². The molecule has 0 aliphatic carbocycles. The smallest absolute Gasteiger partial charge is 0.239 e. The molecule has 2 aliphatic heterocycles. The predicted octanol–water partition coefficient (Wildman–Crippen LogP) is 1.71. The summed E-state index contributed by atoms with van der Waals surface area (Å²) in [4.78, 5) is 29.0. The van der Waals surface area contributed by atoms with Crippen molar-refractivity contribution in [2.24, 2.45) is 11.8 Å². The molecule has 1 aromatic heterocycles. The summed E-state index contributed by atoms with van der Waals surface area (Å²) in [5.74, 6) is -0.764. The van der Waals surface area contributed by atoms with E-state index in [0.29, 0.717) is 37.7 Å². The molecule has 27 heavy (non-hydrogen) atoms. The van der Waals surface area contributed by atoms with E-state index in [0.717, 1.165) is 19.4 Å². The lowest BCUT2D eigenvalue weighted by Crippen LogP contribution is -2.44. The van der Waals surface area contributed by atoms with Crippen molar-refractivity contribution in [3.63, 3.8) is 0 Å². The van der Waals surface area contributed by atoms with E-state index in [2.05, 4.69) is 10.3 Å². The van der Waals surface area contributed by atoms with Gasteiger partial charge in [0.25, 0.3) is 0 Å². The molecule has 0 spiro atoms. The summed E-state index contributed by atoms with van der Waals surface area (Å²) in [5.41, 5.74) is 0.642. The average molecular weight is 371 g/mol.